The van der Waals surface area contributed by atoms with Gasteiger partial charge in [-0.1, -0.05) is 152 Å². The molecular formula is C66H71BN3S. The fraction of sp³-hybridized carbons (Fsp3) is 0.333. The number of hydrogen-bond acceptors (Lipinski definition) is 4. The molecule has 1 N–H and O–H groups in total. The van der Waals surface area contributed by atoms with E-state index >= 15 is 0 Å². The van der Waals surface area contributed by atoms with Crippen molar-refractivity contribution in [2.24, 2.45) is 5.41 Å². The van der Waals surface area contributed by atoms with Crippen LogP contribution in [0.1, 0.15) is 146 Å². The lowest BCUT2D eigenvalue weighted by Crippen LogP contribution is -2.45. The van der Waals surface area contributed by atoms with Crippen LogP contribution in [0.4, 0.5) is 39.8 Å². The Bertz CT molecular complexity index is 3310. The second kappa shape index (κ2) is 18.2. The SMILES string of the molecule is CCCCc1ccc(N(C2=CC=C(C)CC2)c2cc(-c3c(Nc4cc(C(C)(C)CCC(C)(C)C)ccc4C)ccc4c5c(sc34)C=CCC5)c3c(c2)N2c4ccccc4C(C)(C)c4cccc(c42)[B]3)cc1. The summed E-state index contributed by atoms with van der Waals surface area (Å²) in [6, 6.07) is 42.7. The molecule has 2 aliphatic heterocycles. The number of unbranched alkanes of at least 4 members (excludes halogenated alkanes) is 1. The maximum absolute atomic E-state index is 4.19. The summed E-state index contributed by atoms with van der Waals surface area (Å²) in [4.78, 5) is 6.60. The van der Waals surface area contributed by atoms with Crippen molar-refractivity contribution in [3.8, 4) is 11.1 Å². The summed E-state index contributed by atoms with van der Waals surface area (Å²) in [5, 5.41) is 5.57. The normalized spacial score (nSPS) is 15.5. The van der Waals surface area contributed by atoms with Crippen LogP contribution in [-0.2, 0) is 23.7 Å². The summed E-state index contributed by atoms with van der Waals surface area (Å²) in [6.45, 7) is 23.6. The van der Waals surface area contributed by atoms with E-state index in [0.717, 1.165) is 44.2 Å². The summed E-state index contributed by atoms with van der Waals surface area (Å²) in [5.41, 5.74) is 24.6. The van der Waals surface area contributed by atoms with E-state index in [9.17, 15) is 0 Å². The molecule has 0 bridgehead atoms. The minimum atomic E-state index is -0.174. The Morgan fingerprint density at radius 3 is 2.34 bits per heavy atom. The van der Waals surface area contributed by atoms with E-state index in [2.05, 4.69) is 225 Å². The van der Waals surface area contributed by atoms with Gasteiger partial charge in [-0.2, -0.15) is 0 Å². The molecule has 359 valence electrons. The zero-order valence-corrected chi connectivity index (χ0v) is 44.8. The van der Waals surface area contributed by atoms with Gasteiger partial charge in [0.25, 0.3) is 0 Å². The number of anilines is 7. The maximum atomic E-state index is 4.19. The Kier molecular flexibility index (Phi) is 12.1. The summed E-state index contributed by atoms with van der Waals surface area (Å²) < 4.78 is 1.35. The molecule has 71 heavy (non-hydrogen) atoms. The number of rotatable bonds is 12. The van der Waals surface area contributed by atoms with Gasteiger partial charge in [0.05, 0.1) is 5.69 Å². The highest BCUT2D eigenvalue weighted by Gasteiger charge is 2.42. The van der Waals surface area contributed by atoms with E-state index in [-0.39, 0.29) is 16.2 Å². The molecule has 5 heteroatoms. The van der Waals surface area contributed by atoms with Crippen LogP contribution in [0, 0.1) is 12.3 Å². The van der Waals surface area contributed by atoms with Gasteiger partial charge in [0.1, 0.15) is 0 Å². The van der Waals surface area contributed by atoms with Gasteiger partial charge in [-0.05, 0) is 180 Å². The fourth-order valence-electron chi connectivity index (χ4n) is 11.8. The molecule has 11 rings (SSSR count). The minimum absolute atomic E-state index is 0.0242. The number of hydrogen-bond donors (Lipinski definition) is 1. The van der Waals surface area contributed by atoms with Crippen molar-refractivity contribution in [1.82, 2.24) is 0 Å². The molecule has 0 fully saturated rings. The lowest BCUT2D eigenvalue weighted by Gasteiger charge is -2.46. The quantitative estimate of drug-likeness (QED) is 0.123. The van der Waals surface area contributed by atoms with E-state index in [4.69, 9.17) is 0 Å². The summed E-state index contributed by atoms with van der Waals surface area (Å²) in [7, 11) is 2.52. The minimum Gasteiger partial charge on any atom is -0.355 e. The number of fused-ring (bicyclic) bond motifs is 7. The largest absolute Gasteiger partial charge is 0.355 e. The fourth-order valence-corrected chi connectivity index (χ4v) is 13.1. The average molecular weight is 949 g/mol. The van der Waals surface area contributed by atoms with Crippen LogP contribution in [0.2, 0.25) is 0 Å². The average Bonchev–Trinajstić information content (AvgIpc) is 3.74. The second-order valence-corrected chi connectivity index (χ2v) is 24.5. The number of thiophene rings is 1. The van der Waals surface area contributed by atoms with Gasteiger partial charge in [-0.15, -0.1) is 11.3 Å². The summed E-state index contributed by atoms with van der Waals surface area (Å²) >= 11 is 1.97. The lowest BCUT2D eigenvalue weighted by molar-refractivity contribution is 0.315. The Morgan fingerprint density at radius 1 is 0.761 bits per heavy atom. The molecular weight excluding hydrogens is 878 g/mol. The van der Waals surface area contributed by atoms with Crippen LogP contribution < -0.4 is 26.0 Å². The summed E-state index contributed by atoms with van der Waals surface area (Å²) in [6.07, 6.45) is 19.4. The zero-order chi connectivity index (χ0) is 49.4. The molecule has 0 amide bonds. The molecule has 0 saturated carbocycles. The third-order valence-corrected chi connectivity index (χ3v) is 17.5. The molecule has 4 aliphatic rings. The molecule has 7 aromatic rings. The highest BCUT2D eigenvalue weighted by atomic mass is 32.1. The molecule has 0 atom stereocenters. The molecule has 2 aliphatic carbocycles. The summed E-state index contributed by atoms with van der Waals surface area (Å²) in [5.74, 6) is 0. The number of nitrogens with one attached hydrogen (secondary N) is 1. The van der Waals surface area contributed by atoms with E-state index in [1.54, 1.807) is 0 Å². The molecule has 0 unspecified atom stereocenters. The molecule has 3 nitrogen and oxygen atoms in total. The molecule has 0 spiro atoms. The van der Waals surface area contributed by atoms with Crippen molar-refractivity contribution in [1.29, 1.82) is 0 Å². The number of aryl methyl sites for hydroxylation is 3. The van der Waals surface area contributed by atoms with E-state index in [1.165, 1.54) is 135 Å². The molecule has 0 saturated heterocycles. The predicted molar refractivity (Wildman–Crippen MR) is 311 cm³/mol. The molecule has 1 radical (unpaired) electrons. The Morgan fingerprint density at radius 2 is 1.56 bits per heavy atom. The lowest BCUT2D eigenvalue weighted by atomic mass is 9.56. The van der Waals surface area contributed by atoms with E-state index in [1.807, 2.05) is 11.3 Å². The van der Waals surface area contributed by atoms with Crippen molar-refractivity contribution in [2.75, 3.05) is 15.1 Å². The first kappa shape index (κ1) is 47.3. The maximum Gasteiger partial charge on any atom is 0.197 e. The van der Waals surface area contributed by atoms with E-state index < -0.39 is 0 Å². The van der Waals surface area contributed by atoms with Crippen molar-refractivity contribution in [2.45, 2.75) is 138 Å². The van der Waals surface area contributed by atoms with Gasteiger partial charge in [0.15, 0.2) is 7.28 Å². The first-order valence-electron chi connectivity index (χ1n) is 26.5. The first-order valence-corrected chi connectivity index (χ1v) is 27.4. The smallest absolute Gasteiger partial charge is 0.197 e. The molecule has 6 aromatic carbocycles. The number of para-hydroxylation sites is 2. The van der Waals surface area contributed by atoms with Gasteiger partial charge in [0, 0.05) is 60.4 Å². The van der Waals surface area contributed by atoms with Gasteiger partial charge in [-0.3, -0.25) is 0 Å². The Balaban J connectivity index is 1.19. The standard InChI is InChI=1S/C66H71BN3S/c1-11-12-18-44-28-33-47(34-29-44)69(46-31-25-42(2)26-32-46)48-40-51(61-58(41-48)70-57-23-15-14-20-52(57)66(9,10)53-21-17-22-54(67-61)62(53)70)60-55(36-35-50-49-19-13-16-24-59(49)71-63(50)60)68-56-39-45(30-27-43(56)3)65(7,8)38-37-64(4,5)6/h14-17,20-25,27-31,33-36,39-41,68H,11-13,18-19,26,32,37-38H2,1-10H3. The predicted octanol–water partition coefficient (Wildman–Crippen LogP) is 17.9. The Hall–Kier alpha value is -6.04. The number of benzene rings is 6. The number of nitrogens with zero attached hydrogens (tertiary/aromatic N) is 2. The van der Waals surface area contributed by atoms with Crippen molar-refractivity contribution in [3.63, 3.8) is 0 Å². The first-order chi connectivity index (χ1) is 34.1. The van der Waals surface area contributed by atoms with Crippen molar-refractivity contribution < 1.29 is 0 Å². The second-order valence-electron chi connectivity index (χ2n) is 23.4. The third kappa shape index (κ3) is 8.60. The van der Waals surface area contributed by atoms with Gasteiger partial charge in [0.2, 0.25) is 0 Å². The van der Waals surface area contributed by atoms with Crippen LogP contribution in [-0.4, -0.2) is 7.28 Å². The van der Waals surface area contributed by atoms with Crippen LogP contribution in [0.5, 0.6) is 0 Å². The number of allylic oxidation sites excluding steroid dienone is 5. The van der Waals surface area contributed by atoms with Crippen molar-refractivity contribution >= 4 is 85.5 Å². The highest BCUT2D eigenvalue weighted by Crippen LogP contribution is 2.54. The zero-order valence-electron chi connectivity index (χ0n) is 43.9. The highest BCUT2D eigenvalue weighted by molar-refractivity contribution is 7.20. The Labute approximate surface area is 429 Å². The van der Waals surface area contributed by atoms with Crippen LogP contribution in [0.15, 0.2) is 139 Å². The van der Waals surface area contributed by atoms with Crippen LogP contribution in [0.3, 0.4) is 0 Å². The topological polar surface area (TPSA) is 18.5 Å². The van der Waals surface area contributed by atoms with Crippen LogP contribution >= 0.6 is 11.3 Å². The van der Waals surface area contributed by atoms with Crippen molar-refractivity contribution in [3.05, 3.63) is 177 Å². The van der Waals surface area contributed by atoms with Crippen LogP contribution in [0.25, 0.3) is 27.3 Å². The van der Waals surface area contributed by atoms with Gasteiger partial charge < -0.3 is 15.1 Å². The van der Waals surface area contributed by atoms with E-state index in [0.29, 0.717) is 0 Å². The van der Waals surface area contributed by atoms with Gasteiger partial charge in [-0.25, -0.2) is 0 Å². The van der Waals surface area contributed by atoms with Gasteiger partial charge >= 0.3 is 0 Å². The molecule has 1 aromatic heterocycles. The molecule has 3 heterocycles. The third-order valence-electron chi connectivity index (χ3n) is 16.2. The monoisotopic (exact) mass is 949 g/mol.